The van der Waals surface area contributed by atoms with Crippen LogP contribution >= 0.6 is 0 Å². The van der Waals surface area contributed by atoms with Gasteiger partial charge in [0.15, 0.2) is 11.5 Å². The van der Waals surface area contributed by atoms with E-state index in [0.29, 0.717) is 36.3 Å². The molecule has 1 aromatic heterocycles. The molecule has 0 aliphatic carbocycles. The molecule has 28 heavy (non-hydrogen) atoms. The number of benzene rings is 2. The van der Waals surface area contributed by atoms with Crippen molar-refractivity contribution in [3.63, 3.8) is 0 Å². The number of hydrogen-bond donors (Lipinski definition) is 0. The molecule has 144 valence electrons. The van der Waals surface area contributed by atoms with E-state index in [-0.39, 0.29) is 0 Å². The third-order valence-corrected chi connectivity index (χ3v) is 4.46. The second-order valence-corrected chi connectivity index (χ2v) is 6.03. The lowest BCUT2D eigenvalue weighted by atomic mass is 10.1. The molecule has 2 heterocycles. The van der Waals surface area contributed by atoms with Crippen LogP contribution in [0.1, 0.15) is 5.56 Å². The van der Waals surface area contributed by atoms with Crippen LogP contribution in [0.25, 0.3) is 16.9 Å². The van der Waals surface area contributed by atoms with E-state index in [1.54, 1.807) is 32.2 Å². The van der Waals surface area contributed by atoms with E-state index in [0.717, 1.165) is 22.5 Å². The van der Waals surface area contributed by atoms with Crippen LogP contribution < -0.4 is 14.2 Å². The van der Waals surface area contributed by atoms with Gasteiger partial charge in [0.1, 0.15) is 6.61 Å². The van der Waals surface area contributed by atoms with Gasteiger partial charge in [0.05, 0.1) is 45.5 Å². The molecule has 1 aliphatic rings. The van der Waals surface area contributed by atoms with Gasteiger partial charge >= 0.3 is 0 Å². The number of nitrogens with zero attached hydrogens (tertiary/aromatic N) is 4. The maximum Gasteiger partial charge on any atom is 0.216 e. The van der Waals surface area contributed by atoms with E-state index >= 15 is 0 Å². The van der Waals surface area contributed by atoms with Crippen LogP contribution in [0.5, 0.6) is 17.2 Å². The molecule has 0 saturated carbocycles. The lowest BCUT2D eigenvalue weighted by molar-refractivity contribution is 0.324. The fourth-order valence-corrected chi connectivity index (χ4v) is 3.11. The Hall–Kier alpha value is -3.55. The predicted octanol–water partition coefficient (Wildman–Crippen LogP) is 2.74. The topological polar surface area (TPSA) is 80.0 Å². The molecule has 3 aromatic rings. The lowest BCUT2D eigenvalue weighted by Gasteiger charge is -2.15. The van der Waals surface area contributed by atoms with Crippen LogP contribution in [0.2, 0.25) is 0 Å². The smallest absolute Gasteiger partial charge is 0.216 e. The first-order valence-corrected chi connectivity index (χ1v) is 8.74. The molecule has 0 unspecified atom stereocenters. The molecular formula is C20H20N4O4. The van der Waals surface area contributed by atoms with E-state index in [1.165, 1.54) is 0 Å². The zero-order valence-corrected chi connectivity index (χ0v) is 15.9. The van der Waals surface area contributed by atoms with Crippen molar-refractivity contribution in [2.45, 2.75) is 0 Å². The van der Waals surface area contributed by atoms with Gasteiger partial charge in [-0.15, -0.1) is 5.10 Å². The molecule has 1 aliphatic heterocycles. The summed E-state index contributed by atoms with van der Waals surface area (Å²) in [5.74, 6) is 2.30. The quantitative estimate of drug-likeness (QED) is 0.654. The van der Waals surface area contributed by atoms with Crippen LogP contribution in [-0.4, -0.2) is 55.4 Å². The summed E-state index contributed by atoms with van der Waals surface area (Å²) in [4.78, 5) is 4.34. The van der Waals surface area contributed by atoms with E-state index in [2.05, 4.69) is 15.3 Å². The van der Waals surface area contributed by atoms with Gasteiger partial charge in [-0.05, 0) is 12.1 Å². The molecule has 0 saturated heterocycles. The Labute approximate surface area is 162 Å². The summed E-state index contributed by atoms with van der Waals surface area (Å²) in [6, 6.07) is 11.6. The summed E-state index contributed by atoms with van der Waals surface area (Å²) in [5.41, 5.74) is 3.49. The molecule has 0 radical (unpaired) electrons. The van der Waals surface area contributed by atoms with Crippen molar-refractivity contribution in [3.8, 4) is 34.2 Å². The van der Waals surface area contributed by atoms with Crippen LogP contribution in [0.4, 0.5) is 0 Å². The molecule has 0 fully saturated rings. The lowest BCUT2D eigenvalue weighted by Crippen LogP contribution is -2.03. The van der Waals surface area contributed by atoms with Crippen LogP contribution in [0, 0.1) is 0 Å². The predicted molar refractivity (Wildman–Crippen MR) is 104 cm³/mol. The monoisotopic (exact) mass is 380 g/mol. The molecule has 0 N–H and O–H groups in total. The number of ether oxygens (including phenoxy) is 4. The second kappa shape index (κ2) is 7.59. The maximum absolute atomic E-state index is 5.52. The van der Waals surface area contributed by atoms with Crippen molar-refractivity contribution in [1.82, 2.24) is 15.0 Å². The Bertz CT molecular complexity index is 986. The van der Waals surface area contributed by atoms with Crippen molar-refractivity contribution < 1.29 is 18.9 Å². The van der Waals surface area contributed by atoms with Crippen molar-refractivity contribution in [2.24, 2.45) is 4.99 Å². The Morgan fingerprint density at radius 3 is 2.18 bits per heavy atom. The summed E-state index contributed by atoms with van der Waals surface area (Å²) < 4.78 is 23.5. The number of aliphatic imine (C=N–C) groups is 1. The molecule has 0 amide bonds. The van der Waals surface area contributed by atoms with E-state index < -0.39 is 0 Å². The van der Waals surface area contributed by atoms with Crippen LogP contribution in [0.3, 0.4) is 0 Å². The van der Waals surface area contributed by atoms with Gasteiger partial charge in [-0.1, -0.05) is 17.3 Å². The van der Waals surface area contributed by atoms with Gasteiger partial charge in [0.2, 0.25) is 11.6 Å². The summed E-state index contributed by atoms with van der Waals surface area (Å²) in [5, 5.41) is 8.32. The first-order chi connectivity index (χ1) is 13.7. The van der Waals surface area contributed by atoms with E-state index in [9.17, 15) is 0 Å². The molecule has 8 heteroatoms. The van der Waals surface area contributed by atoms with Gasteiger partial charge in [-0.3, -0.25) is 0 Å². The van der Waals surface area contributed by atoms with Gasteiger partial charge in [0, 0.05) is 23.3 Å². The van der Waals surface area contributed by atoms with Crippen molar-refractivity contribution >= 4 is 5.90 Å². The summed E-state index contributed by atoms with van der Waals surface area (Å²) in [6.45, 7) is 1.34. The van der Waals surface area contributed by atoms with Crippen molar-refractivity contribution in [1.29, 1.82) is 0 Å². The first-order valence-electron chi connectivity index (χ1n) is 8.74. The Morgan fingerprint density at radius 1 is 0.929 bits per heavy atom. The fraction of sp³-hybridized carbons (Fsp3) is 0.250. The minimum absolute atomic E-state index is 0.525. The first kappa shape index (κ1) is 17.8. The van der Waals surface area contributed by atoms with Crippen LogP contribution in [0.15, 0.2) is 47.6 Å². The average molecular weight is 380 g/mol. The number of rotatable bonds is 6. The molecule has 0 atom stereocenters. The summed E-state index contributed by atoms with van der Waals surface area (Å²) in [6.07, 6.45) is 1.71. The Balaban J connectivity index is 1.73. The molecule has 0 bridgehead atoms. The largest absolute Gasteiger partial charge is 0.493 e. The number of hydrogen-bond acceptors (Lipinski definition) is 7. The Morgan fingerprint density at radius 2 is 1.61 bits per heavy atom. The standard InChI is InChI=1S/C20H20N4O4/c1-25-17-10-15(11-18(26-2)19(17)27-3)24-16(12-22-23-24)13-4-6-14(7-5-13)20-21-8-9-28-20/h4-7,10-12H,8-9H2,1-3H3. The van der Waals surface area contributed by atoms with Gasteiger partial charge in [-0.25, -0.2) is 9.67 Å². The zero-order valence-electron chi connectivity index (χ0n) is 15.9. The highest BCUT2D eigenvalue weighted by atomic mass is 16.5. The average Bonchev–Trinajstić information content (AvgIpc) is 3.45. The van der Waals surface area contributed by atoms with E-state index in [1.807, 2.05) is 36.4 Å². The van der Waals surface area contributed by atoms with Gasteiger partial charge in [0.25, 0.3) is 0 Å². The van der Waals surface area contributed by atoms with Gasteiger partial charge in [-0.2, -0.15) is 0 Å². The minimum Gasteiger partial charge on any atom is -0.493 e. The molecule has 8 nitrogen and oxygen atoms in total. The fourth-order valence-electron chi connectivity index (χ4n) is 3.11. The summed E-state index contributed by atoms with van der Waals surface area (Å²) >= 11 is 0. The number of methoxy groups -OCH3 is 3. The third kappa shape index (κ3) is 3.13. The van der Waals surface area contributed by atoms with Crippen molar-refractivity contribution in [2.75, 3.05) is 34.5 Å². The normalized spacial score (nSPS) is 13.0. The SMILES string of the molecule is COc1cc(-n2nncc2-c2ccc(C3=NCCO3)cc2)cc(OC)c1OC. The highest BCUT2D eigenvalue weighted by Crippen LogP contribution is 2.39. The Kier molecular flexibility index (Phi) is 4.84. The second-order valence-electron chi connectivity index (χ2n) is 6.03. The molecule has 0 spiro atoms. The number of aromatic nitrogens is 3. The highest BCUT2D eigenvalue weighted by Gasteiger charge is 2.17. The van der Waals surface area contributed by atoms with Crippen molar-refractivity contribution in [3.05, 3.63) is 48.2 Å². The zero-order chi connectivity index (χ0) is 19.5. The summed E-state index contributed by atoms with van der Waals surface area (Å²) in [7, 11) is 4.73. The molecular weight excluding hydrogens is 360 g/mol. The highest BCUT2D eigenvalue weighted by molar-refractivity contribution is 5.95. The third-order valence-electron chi connectivity index (χ3n) is 4.46. The molecule has 4 rings (SSSR count). The molecule has 2 aromatic carbocycles. The maximum atomic E-state index is 5.52. The van der Waals surface area contributed by atoms with Crippen LogP contribution in [-0.2, 0) is 4.74 Å². The van der Waals surface area contributed by atoms with E-state index in [4.69, 9.17) is 18.9 Å². The minimum atomic E-state index is 0.525. The van der Waals surface area contributed by atoms with Gasteiger partial charge < -0.3 is 18.9 Å².